The predicted molar refractivity (Wildman–Crippen MR) is 45.3 cm³/mol. The molecular formula is C7H8FNOS. The minimum atomic E-state index is 0.0774. The summed E-state index contributed by atoms with van der Waals surface area (Å²) in [5, 5.41) is 0. The minimum absolute atomic E-state index is 0.0774. The monoisotopic (exact) mass is 173 g/mol. The molecular weight excluding hydrogens is 165 g/mol. The summed E-state index contributed by atoms with van der Waals surface area (Å²) in [6.45, 7) is 0. The summed E-state index contributed by atoms with van der Waals surface area (Å²) in [5.41, 5.74) is 0.721. The third-order valence-corrected chi connectivity index (χ3v) is 1.56. The van der Waals surface area contributed by atoms with Crippen LogP contribution in [0.1, 0.15) is 0 Å². The van der Waals surface area contributed by atoms with Crippen molar-refractivity contribution in [1.29, 1.82) is 0 Å². The van der Waals surface area contributed by atoms with Crippen LogP contribution >= 0.6 is 12.3 Å². The summed E-state index contributed by atoms with van der Waals surface area (Å²) in [6.07, 6.45) is 0. The average Bonchev–Trinajstić information content (AvgIpc) is 2.07. The topological polar surface area (TPSA) is 21.3 Å². The third kappa shape index (κ3) is 2.31. The van der Waals surface area contributed by atoms with Crippen molar-refractivity contribution in [3.05, 3.63) is 24.3 Å². The van der Waals surface area contributed by atoms with Gasteiger partial charge in [-0.05, 0) is 24.3 Å². The van der Waals surface area contributed by atoms with E-state index in [1.54, 1.807) is 31.4 Å². The second-order valence-corrected chi connectivity index (χ2v) is 2.27. The minimum Gasteiger partial charge on any atom is -0.497 e. The van der Waals surface area contributed by atoms with E-state index in [2.05, 4.69) is 4.72 Å². The average molecular weight is 173 g/mol. The molecule has 0 atom stereocenters. The van der Waals surface area contributed by atoms with Gasteiger partial charge in [0, 0.05) is 5.69 Å². The van der Waals surface area contributed by atoms with Gasteiger partial charge in [-0.25, -0.2) is 0 Å². The zero-order valence-corrected chi connectivity index (χ0v) is 6.82. The Balaban J connectivity index is 2.66. The van der Waals surface area contributed by atoms with Gasteiger partial charge in [0.2, 0.25) is 0 Å². The molecule has 0 aliphatic carbocycles. The fourth-order valence-electron chi connectivity index (χ4n) is 0.704. The molecule has 0 spiro atoms. The molecule has 0 aliphatic heterocycles. The number of nitrogens with one attached hydrogen (secondary N) is 1. The molecule has 1 aromatic carbocycles. The van der Waals surface area contributed by atoms with Gasteiger partial charge in [-0.1, -0.05) is 0 Å². The maximum atomic E-state index is 11.6. The summed E-state index contributed by atoms with van der Waals surface area (Å²) in [4.78, 5) is 0. The summed E-state index contributed by atoms with van der Waals surface area (Å²) in [6, 6.07) is 7.01. The van der Waals surface area contributed by atoms with Crippen LogP contribution < -0.4 is 9.46 Å². The van der Waals surface area contributed by atoms with Crippen molar-refractivity contribution in [1.82, 2.24) is 0 Å². The molecule has 0 aromatic heterocycles. The molecule has 0 unspecified atom stereocenters. The van der Waals surface area contributed by atoms with Crippen LogP contribution in [0.25, 0.3) is 0 Å². The van der Waals surface area contributed by atoms with Crippen molar-refractivity contribution < 1.29 is 8.62 Å². The summed E-state index contributed by atoms with van der Waals surface area (Å²) in [5.74, 6) is 0.763. The van der Waals surface area contributed by atoms with E-state index in [1.807, 2.05) is 0 Å². The molecule has 0 amide bonds. The van der Waals surface area contributed by atoms with Crippen molar-refractivity contribution in [3.8, 4) is 5.75 Å². The van der Waals surface area contributed by atoms with Gasteiger partial charge in [0.05, 0.1) is 7.11 Å². The summed E-state index contributed by atoms with van der Waals surface area (Å²) >= 11 is 0.0774. The van der Waals surface area contributed by atoms with Crippen LogP contribution in [0.2, 0.25) is 0 Å². The van der Waals surface area contributed by atoms with E-state index in [0.717, 1.165) is 11.4 Å². The molecule has 1 aromatic rings. The Morgan fingerprint density at radius 2 is 2.00 bits per heavy atom. The van der Waals surface area contributed by atoms with Crippen LogP contribution in [0.3, 0.4) is 0 Å². The van der Waals surface area contributed by atoms with Crippen molar-refractivity contribution in [2.75, 3.05) is 11.8 Å². The molecule has 0 saturated heterocycles. The highest BCUT2D eigenvalue weighted by atomic mass is 32.2. The van der Waals surface area contributed by atoms with Crippen LogP contribution in [0.4, 0.5) is 9.57 Å². The van der Waals surface area contributed by atoms with Crippen LogP contribution in [0.15, 0.2) is 24.3 Å². The molecule has 4 heteroatoms. The van der Waals surface area contributed by atoms with Gasteiger partial charge >= 0.3 is 0 Å². The second-order valence-electron chi connectivity index (χ2n) is 1.91. The highest BCUT2D eigenvalue weighted by Crippen LogP contribution is 2.17. The first-order valence-corrected chi connectivity index (χ1v) is 3.76. The van der Waals surface area contributed by atoms with E-state index in [-0.39, 0.29) is 12.3 Å². The molecule has 0 radical (unpaired) electrons. The van der Waals surface area contributed by atoms with Gasteiger partial charge in [0.15, 0.2) is 12.3 Å². The third-order valence-electron chi connectivity index (χ3n) is 1.25. The SMILES string of the molecule is COc1ccc(NSF)cc1. The van der Waals surface area contributed by atoms with Gasteiger partial charge in [-0.15, -0.1) is 3.89 Å². The van der Waals surface area contributed by atoms with Crippen molar-refractivity contribution in [2.45, 2.75) is 0 Å². The zero-order valence-electron chi connectivity index (χ0n) is 6.00. The van der Waals surface area contributed by atoms with Crippen LogP contribution in [-0.4, -0.2) is 7.11 Å². The Morgan fingerprint density at radius 1 is 1.36 bits per heavy atom. The molecule has 0 bridgehead atoms. The molecule has 0 fully saturated rings. The molecule has 2 nitrogen and oxygen atoms in total. The first-order valence-electron chi connectivity index (χ1n) is 3.04. The van der Waals surface area contributed by atoms with Crippen LogP contribution in [0, 0.1) is 0 Å². The molecule has 11 heavy (non-hydrogen) atoms. The van der Waals surface area contributed by atoms with E-state index >= 15 is 0 Å². The molecule has 0 heterocycles. The quantitative estimate of drug-likeness (QED) is 0.710. The van der Waals surface area contributed by atoms with Crippen LogP contribution in [-0.2, 0) is 0 Å². The number of methoxy groups -OCH3 is 1. The number of hydrogen-bond donors (Lipinski definition) is 1. The van der Waals surface area contributed by atoms with Gasteiger partial charge in [-0.2, -0.15) is 0 Å². The molecule has 1 N–H and O–H groups in total. The number of anilines is 1. The number of ether oxygens (including phenoxy) is 1. The van der Waals surface area contributed by atoms with Crippen molar-refractivity contribution in [2.24, 2.45) is 0 Å². The lowest BCUT2D eigenvalue weighted by Crippen LogP contribution is -1.84. The number of benzene rings is 1. The van der Waals surface area contributed by atoms with E-state index in [4.69, 9.17) is 4.74 Å². The molecule has 60 valence electrons. The maximum absolute atomic E-state index is 11.6. The highest BCUT2D eigenvalue weighted by Gasteiger charge is 1.91. The van der Waals surface area contributed by atoms with E-state index in [9.17, 15) is 3.89 Å². The Kier molecular flexibility index (Phi) is 3.04. The van der Waals surface area contributed by atoms with Crippen molar-refractivity contribution >= 4 is 18.0 Å². The standard InChI is InChI=1S/C7H8FNOS/c1-10-7-4-2-6(3-5-7)9-11-8/h2-5,9H,1H3. The second kappa shape index (κ2) is 4.08. The number of halogens is 1. The number of hydrogen-bond acceptors (Lipinski definition) is 3. The Hall–Kier alpha value is -0.900. The highest BCUT2D eigenvalue weighted by molar-refractivity contribution is 7.95. The fraction of sp³-hybridized carbons (Fsp3) is 0.143. The first kappa shape index (κ1) is 8.20. The largest absolute Gasteiger partial charge is 0.497 e. The first-order chi connectivity index (χ1) is 5.36. The van der Waals surface area contributed by atoms with Gasteiger partial charge in [-0.3, -0.25) is 0 Å². The van der Waals surface area contributed by atoms with E-state index < -0.39 is 0 Å². The lowest BCUT2D eigenvalue weighted by Gasteiger charge is -2.01. The lowest BCUT2D eigenvalue weighted by atomic mass is 10.3. The van der Waals surface area contributed by atoms with E-state index in [0.29, 0.717) is 0 Å². The molecule has 0 saturated carbocycles. The predicted octanol–water partition coefficient (Wildman–Crippen LogP) is 2.64. The summed E-state index contributed by atoms with van der Waals surface area (Å²) < 4.78 is 19.0. The Labute approximate surface area is 69.2 Å². The zero-order chi connectivity index (χ0) is 8.10. The normalized spacial score (nSPS) is 9.27. The smallest absolute Gasteiger partial charge is 0.162 e. The van der Waals surface area contributed by atoms with Gasteiger partial charge in [0.1, 0.15) is 5.75 Å². The van der Waals surface area contributed by atoms with Gasteiger partial charge in [0.25, 0.3) is 0 Å². The van der Waals surface area contributed by atoms with Gasteiger partial charge < -0.3 is 9.46 Å². The lowest BCUT2D eigenvalue weighted by molar-refractivity contribution is 0.415. The summed E-state index contributed by atoms with van der Waals surface area (Å²) in [7, 11) is 1.59. The van der Waals surface area contributed by atoms with Crippen LogP contribution in [0.5, 0.6) is 5.75 Å². The van der Waals surface area contributed by atoms with E-state index in [1.165, 1.54) is 0 Å². The fourth-order valence-corrected chi connectivity index (χ4v) is 0.929. The Bertz CT molecular complexity index is 214. The Morgan fingerprint density at radius 3 is 2.45 bits per heavy atom. The molecule has 0 aliphatic rings. The molecule has 1 rings (SSSR count). The van der Waals surface area contributed by atoms with Crippen molar-refractivity contribution in [3.63, 3.8) is 0 Å². The number of rotatable bonds is 3. The maximum Gasteiger partial charge on any atom is 0.162 e.